The van der Waals surface area contributed by atoms with Crippen LogP contribution in [-0.4, -0.2) is 46.8 Å². The molecule has 0 bridgehead atoms. The number of aromatic nitrogens is 2. The molecule has 6 heteroatoms. The first-order chi connectivity index (χ1) is 10.2. The summed E-state index contributed by atoms with van der Waals surface area (Å²) in [6.07, 6.45) is 8.88. The summed E-state index contributed by atoms with van der Waals surface area (Å²) in [5, 5.41) is 7.77. The minimum absolute atomic E-state index is 0. The van der Waals surface area contributed by atoms with Gasteiger partial charge in [0.05, 0.1) is 0 Å². The number of carbonyl (C=O) groups excluding carboxylic acids is 1. The molecule has 124 valence electrons. The van der Waals surface area contributed by atoms with Crippen LogP contribution in [0.2, 0.25) is 0 Å². The van der Waals surface area contributed by atoms with E-state index in [0.717, 1.165) is 57.8 Å². The summed E-state index contributed by atoms with van der Waals surface area (Å²) >= 11 is 0. The summed E-state index contributed by atoms with van der Waals surface area (Å²) in [6, 6.07) is 1.92. The van der Waals surface area contributed by atoms with E-state index in [0.29, 0.717) is 0 Å². The number of hydrogen-bond donors (Lipinski definition) is 1. The van der Waals surface area contributed by atoms with E-state index in [9.17, 15) is 4.79 Å². The van der Waals surface area contributed by atoms with Crippen LogP contribution in [-0.2, 0) is 10.3 Å². The van der Waals surface area contributed by atoms with E-state index in [1.807, 2.05) is 16.9 Å². The lowest BCUT2D eigenvalue weighted by Gasteiger charge is -2.40. The number of nitrogens with one attached hydrogen (secondary N) is 1. The van der Waals surface area contributed by atoms with Gasteiger partial charge in [-0.2, -0.15) is 5.10 Å². The van der Waals surface area contributed by atoms with E-state index in [4.69, 9.17) is 0 Å². The number of hydrogen-bond acceptors (Lipinski definition) is 3. The Morgan fingerprint density at radius 3 is 2.73 bits per heavy atom. The van der Waals surface area contributed by atoms with Gasteiger partial charge in [-0.1, -0.05) is 6.92 Å². The van der Waals surface area contributed by atoms with Crippen LogP contribution < -0.4 is 5.32 Å². The average Bonchev–Trinajstić information content (AvgIpc) is 2.97. The van der Waals surface area contributed by atoms with Gasteiger partial charge in [-0.15, -0.1) is 12.4 Å². The van der Waals surface area contributed by atoms with Crippen LogP contribution in [0.5, 0.6) is 0 Å². The Hall–Kier alpha value is -1.07. The van der Waals surface area contributed by atoms with Crippen LogP contribution in [0, 0.1) is 5.92 Å². The molecule has 2 aliphatic rings. The molecular weight excluding hydrogens is 300 g/mol. The first-order valence-corrected chi connectivity index (χ1v) is 8.22. The molecule has 1 aromatic rings. The highest BCUT2D eigenvalue weighted by atomic mass is 35.5. The Bertz CT molecular complexity index is 471. The standard InChI is InChI=1S/C16H26N4O.ClH/c1-14-4-2-11-19(13-5-14)15(21)16(6-9-17-10-7-16)20-12-3-8-18-20;/h3,8,12,14,17H,2,4-7,9-11,13H2,1H3;1H. The second kappa shape index (κ2) is 7.47. The zero-order chi connectivity index (χ0) is 14.7. The van der Waals surface area contributed by atoms with E-state index < -0.39 is 5.54 Å². The van der Waals surface area contributed by atoms with Gasteiger partial charge >= 0.3 is 0 Å². The summed E-state index contributed by atoms with van der Waals surface area (Å²) < 4.78 is 1.91. The number of amides is 1. The maximum atomic E-state index is 13.3. The number of rotatable bonds is 2. The minimum Gasteiger partial charge on any atom is -0.341 e. The second-order valence-corrected chi connectivity index (χ2v) is 6.56. The first kappa shape index (κ1) is 17.3. The highest BCUT2D eigenvalue weighted by molar-refractivity contribution is 5.85. The molecule has 22 heavy (non-hydrogen) atoms. The lowest BCUT2D eigenvalue weighted by Crippen LogP contribution is -2.56. The van der Waals surface area contributed by atoms with Gasteiger partial charge in [-0.25, -0.2) is 0 Å². The number of nitrogens with zero attached hydrogens (tertiary/aromatic N) is 3. The predicted molar refractivity (Wildman–Crippen MR) is 89.1 cm³/mol. The van der Waals surface area contributed by atoms with Gasteiger partial charge in [0, 0.05) is 25.5 Å². The van der Waals surface area contributed by atoms with Crippen LogP contribution in [0.25, 0.3) is 0 Å². The fourth-order valence-electron chi connectivity index (χ4n) is 3.66. The third-order valence-electron chi connectivity index (χ3n) is 5.08. The van der Waals surface area contributed by atoms with Crippen molar-refractivity contribution in [2.45, 2.75) is 44.6 Å². The van der Waals surface area contributed by atoms with Crippen LogP contribution in [0.1, 0.15) is 39.0 Å². The quantitative estimate of drug-likeness (QED) is 0.904. The van der Waals surface area contributed by atoms with Crippen molar-refractivity contribution in [3.8, 4) is 0 Å². The molecule has 0 spiro atoms. The molecule has 1 N–H and O–H groups in total. The van der Waals surface area contributed by atoms with E-state index in [2.05, 4.69) is 22.2 Å². The highest BCUT2D eigenvalue weighted by Crippen LogP contribution is 2.30. The van der Waals surface area contributed by atoms with Crippen LogP contribution >= 0.6 is 12.4 Å². The Balaban J connectivity index is 0.00000176. The summed E-state index contributed by atoms with van der Waals surface area (Å²) in [5.41, 5.74) is -0.470. The summed E-state index contributed by atoms with van der Waals surface area (Å²) in [7, 11) is 0. The number of carbonyl (C=O) groups is 1. The van der Waals surface area contributed by atoms with Gasteiger partial charge < -0.3 is 10.2 Å². The molecular formula is C16H27ClN4O. The van der Waals surface area contributed by atoms with Crippen molar-refractivity contribution in [3.63, 3.8) is 0 Å². The number of piperidine rings is 1. The number of likely N-dealkylation sites (tertiary alicyclic amines) is 1. The van der Waals surface area contributed by atoms with Gasteiger partial charge in [0.1, 0.15) is 5.54 Å². The molecule has 2 aliphatic heterocycles. The average molecular weight is 327 g/mol. The minimum atomic E-state index is -0.470. The Labute approximate surface area is 138 Å². The molecule has 1 atom stereocenters. The Morgan fingerprint density at radius 1 is 1.27 bits per heavy atom. The number of halogens is 1. The van der Waals surface area contributed by atoms with Gasteiger partial charge in [-0.05, 0) is 57.2 Å². The Kier molecular flexibility index (Phi) is 5.87. The van der Waals surface area contributed by atoms with Crippen molar-refractivity contribution in [2.24, 2.45) is 5.92 Å². The normalized spacial score (nSPS) is 25.1. The molecule has 0 radical (unpaired) electrons. The molecule has 5 nitrogen and oxygen atoms in total. The van der Waals surface area contributed by atoms with Gasteiger partial charge in [-0.3, -0.25) is 9.48 Å². The third kappa shape index (κ3) is 3.30. The lowest BCUT2D eigenvalue weighted by atomic mass is 9.86. The zero-order valence-corrected chi connectivity index (χ0v) is 14.1. The van der Waals surface area contributed by atoms with Crippen molar-refractivity contribution < 1.29 is 4.79 Å². The van der Waals surface area contributed by atoms with Crippen molar-refractivity contribution >= 4 is 18.3 Å². The predicted octanol–water partition coefficient (Wildman–Crippen LogP) is 2.03. The van der Waals surface area contributed by atoms with Crippen molar-refractivity contribution in [1.29, 1.82) is 0 Å². The van der Waals surface area contributed by atoms with Gasteiger partial charge in [0.25, 0.3) is 5.91 Å². The molecule has 1 unspecified atom stereocenters. The third-order valence-corrected chi connectivity index (χ3v) is 5.08. The lowest BCUT2D eigenvalue weighted by molar-refractivity contribution is -0.143. The molecule has 0 saturated carbocycles. The topological polar surface area (TPSA) is 50.2 Å². The van der Waals surface area contributed by atoms with Crippen molar-refractivity contribution in [1.82, 2.24) is 20.0 Å². The molecule has 1 amide bonds. The summed E-state index contributed by atoms with van der Waals surface area (Å²) in [6.45, 7) is 5.86. The van der Waals surface area contributed by atoms with E-state index in [1.165, 1.54) is 6.42 Å². The largest absolute Gasteiger partial charge is 0.341 e. The smallest absolute Gasteiger partial charge is 0.250 e. The molecule has 0 aromatic carbocycles. The molecule has 2 fully saturated rings. The monoisotopic (exact) mass is 326 g/mol. The summed E-state index contributed by atoms with van der Waals surface area (Å²) in [4.78, 5) is 15.4. The van der Waals surface area contributed by atoms with Crippen LogP contribution in [0.15, 0.2) is 18.5 Å². The van der Waals surface area contributed by atoms with Gasteiger partial charge in [0.15, 0.2) is 0 Å². The molecule has 2 saturated heterocycles. The second-order valence-electron chi connectivity index (χ2n) is 6.56. The van der Waals surface area contributed by atoms with Crippen LogP contribution in [0.4, 0.5) is 0 Å². The first-order valence-electron chi connectivity index (χ1n) is 8.22. The maximum Gasteiger partial charge on any atom is 0.250 e. The van der Waals surface area contributed by atoms with Gasteiger partial charge in [0.2, 0.25) is 0 Å². The van der Waals surface area contributed by atoms with Crippen LogP contribution in [0.3, 0.4) is 0 Å². The van der Waals surface area contributed by atoms with E-state index in [1.54, 1.807) is 6.20 Å². The van der Waals surface area contributed by atoms with Crippen molar-refractivity contribution in [3.05, 3.63) is 18.5 Å². The summed E-state index contributed by atoms with van der Waals surface area (Å²) in [5.74, 6) is 1.01. The fourth-order valence-corrected chi connectivity index (χ4v) is 3.66. The van der Waals surface area contributed by atoms with E-state index >= 15 is 0 Å². The molecule has 3 rings (SSSR count). The van der Waals surface area contributed by atoms with Crippen molar-refractivity contribution in [2.75, 3.05) is 26.2 Å². The molecule has 0 aliphatic carbocycles. The molecule has 1 aromatic heterocycles. The molecule has 3 heterocycles. The highest BCUT2D eigenvalue weighted by Gasteiger charge is 2.44. The zero-order valence-electron chi connectivity index (χ0n) is 13.3. The van der Waals surface area contributed by atoms with E-state index in [-0.39, 0.29) is 18.3 Å². The maximum absolute atomic E-state index is 13.3. The Morgan fingerprint density at radius 2 is 2.05 bits per heavy atom. The fraction of sp³-hybridized carbons (Fsp3) is 0.750. The SMILES string of the molecule is CC1CCCN(C(=O)C2(n3cccn3)CCNCC2)CC1.Cl.